The molecule has 1 amide bonds. The second-order valence-electron chi connectivity index (χ2n) is 8.84. The van der Waals surface area contributed by atoms with Crippen LogP contribution in [0, 0.1) is 10.1 Å². The van der Waals surface area contributed by atoms with E-state index in [4.69, 9.17) is 14.5 Å². The largest absolute Gasteiger partial charge is 0.486 e. The number of aromatic nitrogens is 2. The highest BCUT2D eigenvalue weighted by Crippen LogP contribution is 2.35. The molecule has 10 nitrogen and oxygen atoms in total. The molecule has 37 heavy (non-hydrogen) atoms. The van der Waals surface area contributed by atoms with Crippen LogP contribution in [-0.4, -0.2) is 65.1 Å². The van der Waals surface area contributed by atoms with Gasteiger partial charge in [-0.15, -0.1) is 0 Å². The average Bonchev–Trinajstić information content (AvgIpc) is 2.96. The molecule has 2 aromatic heterocycles. The highest BCUT2D eigenvalue weighted by molar-refractivity contribution is 6.07. The van der Waals surface area contributed by atoms with Crippen LogP contribution in [0.3, 0.4) is 0 Å². The zero-order chi connectivity index (χ0) is 25.4. The van der Waals surface area contributed by atoms with E-state index < -0.39 is 4.92 Å². The zero-order valence-electron chi connectivity index (χ0n) is 19.9. The monoisotopic (exact) mass is 497 g/mol. The molecular weight excluding hydrogens is 474 g/mol. The zero-order valence-corrected chi connectivity index (χ0v) is 19.9. The number of rotatable bonds is 4. The lowest BCUT2D eigenvalue weighted by atomic mass is 10.0. The third kappa shape index (κ3) is 4.37. The molecule has 2 aliphatic rings. The van der Waals surface area contributed by atoms with Gasteiger partial charge in [-0.3, -0.25) is 14.9 Å². The van der Waals surface area contributed by atoms with Gasteiger partial charge in [0.2, 0.25) is 0 Å². The van der Waals surface area contributed by atoms with E-state index in [2.05, 4.69) is 4.98 Å². The Balaban J connectivity index is 1.26. The molecule has 10 heteroatoms. The number of amides is 1. The fraction of sp³-hybridized carbons (Fsp3) is 0.222. The lowest BCUT2D eigenvalue weighted by molar-refractivity contribution is -0.385. The van der Waals surface area contributed by atoms with Crippen LogP contribution in [0.25, 0.3) is 22.2 Å². The van der Waals surface area contributed by atoms with Crippen molar-refractivity contribution < 1.29 is 19.2 Å². The Bertz CT molecular complexity index is 1500. The lowest BCUT2D eigenvalue weighted by Crippen LogP contribution is -2.49. The van der Waals surface area contributed by atoms with E-state index in [1.807, 2.05) is 58.3 Å². The van der Waals surface area contributed by atoms with Gasteiger partial charge in [-0.25, -0.2) is 9.97 Å². The quantitative estimate of drug-likeness (QED) is 0.308. The third-order valence-corrected chi connectivity index (χ3v) is 6.62. The summed E-state index contributed by atoms with van der Waals surface area (Å²) in [5, 5.41) is 11.7. The molecule has 1 saturated heterocycles. The molecule has 2 aliphatic heterocycles. The predicted octanol–water partition coefficient (Wildman–Crippen LogP) is 3.94. The standard InChI is InChI=1S/C27H23N5O5/c33-27(31-11-9-30(10-12-31)26-8-6-19(17-28-26)32(34)35)21-16-23(29-22-4-2-1-3-20(21)22)18-5-7-24-25(15-18)37-14-13-36-24/h1-8,15-17H,9-14H2. The Labute approximate surface area is 212 Å². The first-order valence-corrected chi connectivity index (χ1v) is 12.0. The summed E-state index contributed by atoms with van der Waals surface area (Å²) in [5.74, 6) is 1.97. The minimum Gasteiger partial charge on any atom is -0.486 e. The van der Waals surface area contributed by atoms with Gasteiger partial charge >= 0.3 is 0 Å². The number of hydrogen-bond acceptors (Lipinski definition) is 8. The number of ether oxygens (including phenoxy) is 2. The van der Waals surface area contributed by atoms with Crippen LogP contribution in [0.2, 0.25) is 0 Å². The highest BCUT2D eigenvalue weighted by Gasteiger charge is 2.25. The Kier molecular flexibility index (Phi) is 5.76. The maximum Gasteiger partial charge on any atom is 0.287 e. The Hall–Kier alpha value is -4.73. The Morgan fingerprint density at radius 3 is 2.46 bits per heavy atom. The summed E-state index contributed by atoms with van der Waals surface area (Å²) in [4.78, 5) is 37.1. The molecule has 6 rings (SSSR count). The minimum absolute atomic E-state index is 0.0454. The second-order valence-corrected chi connectivity index (χ2v) is 8.84. The van der Waals surface area contributed by atoms with E-state index in [-0.39, 0.29) is 11.6 Å². The van der Waals surface area contributed by atoms with Crippen molar-refractivity contribution in [1.82, 2.24) is 14.9 Å². The van der Waals surface area contributed by atoms with Gasteiger partial charge in [0, 0.05) is 43.2 Å². The second kappa shape index (κ2) is 9.38. The maximum absolute atomic E-state index is 13.7. The minimum atomic E-state index is -0.467. The third-order valence-electron chi connectivity index (χ3n) is 6.62. The summed E-state index contributed by atoms with van der Waals surface area (Å²) in [6.45, 7) is 3.18. The molecule has 4 heterocycles. The van der Waals surface area contributed by atoms with Crippen LogP contribution in [0.5, 0.6) is 11.5 Å². The average molecular weight is 498 g/mol. The van der Waals surface area contributed by atoms with Crippen molar-refractivity contribution in [3.63, 3.8) is 0 Å². The van der Waals surface area contributed by atoms with Crippen molar-refractivity contribution in [1.29, 1.82) is 0 Å². The van der Waals surface area contributed by atoms with Gasteiger partial charge in [-0.05, 0) is 36.4 Å². The maximum atomic E-state index is 13.7. The number of fused-ring (bicyclic) bond motifs is 2. The van der Waals surface area contributed by atoms with Gasteiger partial charge < -0.3 is 19.3 Å². The molecule has 0 atom stereocenters. The number of anilines is 1. The number of carbonyl (C=O) groups excluding carboxylic acids is 1. The molecular formula is C27H23N5O5. The van der Waals surface area contributed by atoms with Gasteiger partial charge in [0.1, 0.15) is 25.2 Å². The lowest BCUT2D eigenvalue weighted by Gasteiger charge is -2.35. The summed E-state index contributed by atoms with van der Waals surface area (Å²) in [5.41, 5.74) is 2.83. The SMILES string of the molecule is O=C(c1cc(-c2ccc3c(c2)OCCO3)nc2ccccc12)N1CCN(c2ccc([N+](=O)[O-])cn2)CC1. The highest BCUT2D eigenvalue weighted by atomic mass is 16.6. The fourth-order valence-corrected chi connectivity index (χ4v) is 4.69. The molecule has 2 aromatic carbocycles. The molecule has 0 aliphatic carbocycles. The van der Waals surface area contributed by atoms with E-state index >= 15 is 0 Å². The molecule has 1 fully saturated rings. The van der Waals surface area contributed by atoms with E-state index in [1.54, 1.807) is 6.07 Å². The summed E-state index contributed by atoms with van der Waals surface area (Å²) in [6, 6.07) is 18.3. The predicted molar refractivity (Wildman–Crippen MR) is 137 cm³/mol. The molecule has 0 radical (unpaired) electrons. The number of para-hydroxylation sites is 1. The number of pyridine rings is 2. The van der Waals surface area contributed by atoms with Crippen LogP contribution in [0.1, 0.15) is 10.4 Å². The van der Waals surface area contributed by atoms with Crippen LogP contribution < -0.4 is 14.4 Å². The normalized spacial score (nSPS) is 15.0. The number of nitro groups is 1. The van der Waals surface area contributed by atoms with E-state index in [1.165, 1.54) is 12.3 Å². The fourth-order valence-electron chi connectivity index (χ4n) is 4.69. The summed E-state index contributed by atoms with van der Waals surface area (Å²) >= 11 is 0. The number of benzene rings is 2. The van der Waals surface area contributed by atoms with Gasteiger partial charge in [0.05, 0.1) is 21.7 Å². The molecule has 0 N–H and O–H groups in total. The van der Waals surface area contributed by atoms with Gasteiger partial charge in [0.25, 0.3) is 11.6 Å². The number of nitrogens with zero attached hydrogens (tertiary/aromatic N) is 5. The first-order chi connectivity index (χ1) is 18.1. The Morgan fingerprint density at radius 1 is 0.919 bits per heavy atom. The molecule has 186 valence electrons. The molecule has 4 aromatic rings. The van der Waals surface area contributed by atoms with Crippen molar-refractivity contribution in [2.75, 3.05) is 44.3 Å². The first-order valence-electron chi connectivity index (χ1n) is 12.0. The smallest absolute Gasteiger partial charge is 0.287 e. The topological polar surface area (TPSA) is 111 Å². The van der Waals surface area contributed by atoms with E-state index in [0.29, 0.717) is 68.0 Å². The Morgan fingerprint density at radius 2 is 1.70 bits per heavy atom. The first kappa shape index (κ1) is 22.7. The summed E-state index contributed by atoms with van der Waals surface area (Å²) in [7, 11) is 0. The van der Waals surface area contributed by atoms with E-state index in [9.17, 15) is 14.9 Å². The van der Waals surface area contributed by atoms with Gasteiger partial charge in [-0.1, -0.05) is 18.2 Å². The van der Waals surface area contributed by atoms with Crippen LogP contribution >= 0.6 is 0 Å². The molecule has 0 spiro atoms. The van der Waals surface area contributed by atoms with Crippen LogP contribution in [0.4, 0.5) is 11.5 Å². The molecule has 0 unspecified atom stereocenters. The van der Waals surface area contributed by atoms with E-state index in [0.717, 1.165) is 16.5 Å². The number of piperazine rings is 1. The number of carbonyl (C=O) groups is 1. The van der Waals surface area contributed by atoms with Crippen molar-refractivity contribution in [3.05, 3.63) is 82.5 Å². The summed E-state index contributed by atoms with van der Waals surface area (Å²) < 4.78 is 11.4. The van der Waals surface area contributed by atoms with Crippen molar-refractivity contribution in [2.45, 2.75) is 0 Å². The molecule has 0 saturated carbocycles. The van der Waals surface area contributed by atoms with Crippen molar-refractivity contribution in [2.24, 2.45) is 0 Å². The van der Waals surface area contributed by atoms with Crippen LogP contribution in [0.15, 0.2) is 66.9 Å². The van der Waals surface area contributed by atoms with Crippen molar-refractivity contribution in [3.8, 4) is 22.8 Å². The van der Waals surface area contributed by atoms with Gasteiger partial charge in [-0.2, -0.15) is 0 Å². The molecule has 0 bridgehead atoms. The van der Waals surface area contributed by atoms with Crippen molar-refractivity contribution >= 4 is 28.3 Å². The number of hydrogen-bond donors (Lipinski definition) is 0. The summed E-state index contributed by atoms with van der Waals surface area (Å²) in [6.07, 6.45) is 1.26. The van der Waals surface area contributed by atoms with Crippen LogP contribution in [-0.2, 0) is 0 Å². The van der Waals surface area contributed by atoms with Gasteiger partial charge in [0.15, 0.2) is 11.5 Å².